The molecule has 0 radical (unpaired) electrons. The van der Waals surface area contributed by atoms with Crippen LogP contribution in [0.15, 0.2) is 36.4 Å². The van der Waals surface area contributed by atoms with Crippen LogP contribution in [0.1, 0.15) is 6.42 Å². The number of aromatic nitrogens is 1. The lowest BCUT2D eigenvalue weighted by atomic mass is 10.2. The third-order valence-corrected chi connectivity index (χ3v) is 3.37. The molecule has 2 rings (SSSR count). The molecule has 0 aliphatic heterocycles. The van der Waals surface area contributed by atoms with Crippen molar-refractivity contribution in [2.45, 2.75) is 6.42 Å². The minimum atomic E-state index is -3.37. The summed E-state index contributed by atoms with van der Waals surface area (Å²) in [6.45, 7) is 0.530. The quantitative estimate of drug-likeness (QED) is 0.799. The molecule has 1 aromatic carbocycles. The maximum absolute atomic E-state index is 10.8. The molecule has 0 amide bonds. The van der Waals surface area contributed by atoms with E-state index in [1.807, 2.05) is 36.4 Å². The second-order valence-corrected chi connectivity index (χ2v) is 5.77. The number of rotatable bonds is 5. The first kappa shape index (κ1) is 12.8. The van der Waals surface area contributed by atoms with Crippen molar-refractivity contribution < 1.29 is 8.42 Å². The summed E-state index contributed by atoms with van der Waals surface area (Å²) < 4.78 is 21.5. The molecule has 0 bridgehead atoms. The Labute approximate surface area is 106 Å². The number of hydrogen-bond donors (Lipinski definition) is 2. The van der Waals surface area contributed by atoms with Crippen LogP contribution in [0.3, 0.4) is 0 Å². The van der Waals surface area contributed by atoms with Crippen LogP contribution >= 0.6 is 0 Å². The molecule has 0 unspecified atom stereocenters. The van der Waals surface area contributed by atoms with Crippen LogP contribution in [-0.4, -0.2) is 25.7 Å². The van der Waals surface area contributed by atoms with Crippen molar-refractivity contribution in [1.29, 1.82) is 0 Å². The molecule has 18 heavy (non-hydrogen) atoms. The fraction of sp³-hybridized carbons (Fsp3) is 0.250. The van der Waals surface area contributed by atoms with Crippen LogP contribution in [0.25, 0.3) is 10.9 Å². The van der Waals surface area contributed by atoms with E-state index in [-0.39, 0.29) is 5.75 Å². The minimum Gasteiger partial charge on any atom is -0.370 e. The van der Waals surface area contributed by atoms with Gasteiger partial charge in [0, 0.05) is 11.9 Å². The first-order chi connectivity index (χ1) is 8.54. The summed E-state index contributed by atoms with van der Waals surface area (Å²) in [4.78, 5) is 4.42. The van der Waals surface area contributed by atoms with Crippen LogP contribution in [0.4, 0.5) is 5.82 Å². The fourth-order valence-corrected chi connectivity index (χ4v) is 2.20. The molecule has 3 N–H and O–H groups in total. The average molecular weight is 265 g/mol. The zero-order chi connectivity index (χ0) is 13.0. The number of nitrogens with one attached hydrogen (secondary N) is 1. The van der Waals surface area contributed by atoms with Gasteiger partial charge in [-0.05, 0) is 24.6 Å². The molecular formula is C12H15N3O2S. The SMILES string of the molecule is NS(=O)(=O)CCCNc1ccc2ccccc2n1. The van der Waals surface area contributed by atoms with E-state index in [1.54, 1.807) is 0 Å². The highest BCUT2D eigenvalue weighted by atomic mass is 32.2. The van der Waals surface area contributed by atoms with Gasteiger partial charge in [0.15, 0.2) is 0 Å². The summed E-state index contributed by atoms with van der Waals surface area (Å²) in [6.07, 6.45) is 0.466. The zero-order valence-electron chi connectivity index (χ0n) is 9.83. The molecule has 0 aliphatic rings. The van der Waals surface area contributed by atoms with Gasteiger partial charge in [-0.2, -0.15) is 0 Å². The lowest BCUT2D eigenvalue weighted by molar-refractivity contribution is 0.596. The summed E-state index contributed by atoms with van der Waals surface area (Å²) in [5.41, 5.74) is 0.911. The van der Waals surface area contributed by atoms with Gasteiger partial charge in [-0.15, -0.1) is 0 Å². The molecule has 0 saturated heterocycles. The first-order valence-corrected chi connectivity index (χ1v) is 7.36. The largest absolute Gasteiger partial charge is 0.370 e. The van der Waals surface area contributed by atoms with Crippen molar-refractivity contribution >= 4 is 26.7 Å². The van der Waals surface area contributed by atoms with Gasteiger partial charge in [0.2, 0.25) is 10.0 Å². The number of nitrogens with zero attached hydrogens (tertiary/aromatic N) is 1. The summed E-state index contributed by atoms with van der Waals surface area (Å²) in [7, 11) is -3.37. The second kappa shape index (κ2) is 5.32. The van der Waals surface area contributed by atoms with Gasteiger partial charge in [-0.25, -0.2) is 18.5 Å². The monoisotopic (exact) mass is 265 g/mol. The average Bonchev–Trinajstić information content (AvgIpc) is 2.33. The number of hydrogen-bond acceptors (Lipinski definition) is 4. The van der Waals surface area contributed by atoms with Crippen molar-refractivity contribution in [3.05, 3.63) is 36.4 Å². The van der Waals surface area contributed by atoms with Crippen molar-refractivity contribution in [1.82, 2.24) is 4.98 Å². The summed E-state index contributed by atoms with van der Waals surface area (Å²) in [5.74, 6) is 0.719. The molecule has 0 aliphatic carbocycles. The maximum atomic E-state index is 10.8. The van der Waals surface area contributed by atoms with Crippen LogP contribution in [-0.2, 0) is 10.0 Å². The Balaban J connectivity index is 1.96. The maximum Gasteiger partial charge on any atom is 0.209 e. The molecule has 1 heterocycles. The molecule has 5 nitrogen and oxygen atoms in total. The Kier molecular flexibility index (Phi) is 3.78. The predicted molar refractivity (Wildman–Crippen MR) is 72.8 cm³/mol. The number of sulfonamides is 1. The van der Waals surface area contributed by atoms with E-state index in [0.29, 0.717) is 13.0 Å². The lowest BCUT2D eigenvalue weighted by Gasteiger charge is -2.06. The Bertz CT molecular complexity index is 641. The Hall–Kier alpha value is -1.66. The third kappa shape index (κ3) is 3.68. The van der Waals surface area contributed by atoms with E-state index < -0.39 is 10.0 Å². The van der Waals surface area contributed by atoms with Crippen molar-refractivity contribution in [2.75, 3.05) is 17.6 Å². The predicted octanol–water partition coefficient (Wildman–Crippen LogP) is 1.33. The molecule has 2 aromatic rings. The molecule has 0 saturated carbocycles. The molecular weight excluding hydrogens is 250 g/mol. The van der Waals surface area contributed by atoms with Crippen molar-refractivity contribution in [3.8, 4) is 0 Å². The normalized spacial score (nSPS) is 11.6. The van der Waals surface area contributed by atoms with Crippen molar-refractivity contribution in [3.63, 3.8) is 0 Å². The molecule has 96 valence electrons. The van der Waals surface area contributed by atoms with Crippen LogP contribution < -0.4 is 10.5 Å². The Morgan fingerprint density at radius 3 is 2.72 bits per heavy atom. The highest BCUT2D eigenvalue weighted by Crippen LogP contribution is 2.14. The number of benzene rings is 1. The minimum absolute atomic E-state index is 0.0203. The zero-order valence-corrected chi connectivity index (χ0v) is 10.7. The van der Waals surface area contributed by atoms with E-state index in [2.05, 4.69) is 10.3 Å². The molecule has 6 heteroatoms. The summed E-state index contributed by atoms with van der Waals surface area (Å²) in [5, 5.41) is 9.07. The number of pyridine rings is 1. The van der Waals surface area contributed by atoms with Gasteiger partial charge in [0.05, 0.1) is 11.3 Å². The van der Waals surface area contributed by atoms with E-state index >= 15 is 0 Å². The van der Waals surface area contributed by atoms with Gasteiger partial charge in [0.1, 0.15) is 5.82 Å². The van der Waals surface area contributed by atoms with E-state index in [1.165, 1.54) is 0 Å². The summed E-state index contributed by atoms with van der Waals surface area (Å²) in [6, 6.07) is 11.7. The van der Waals surface area contributed by atoms with Crippen LogP contribution in [0.2, 0.25) is 0 Å². The van der Waals surface area contributed by atoms with Gasteiger partial charge in [-0.3, -0.25) is 0 Å². The number of anilines is 1. The van der Waals surface area contributed by atoms with E-state index in [0.717, 1.165) is 16.7 Å². The highest BCUT2D eigenvalue weighted by molar-refractivity contribution is 7.89. The molecule has 0 spiro atoms. The van der Waals surface area contributed by atoms with Gasteiger partial charge < -0.3 is 5.32 Å². The highest BCUT2D eigenvalue weighted by Gasteiger charge is 2.02. The van der Waals surface area contributed by atoms with Gasteiger partial charge in [-0.1, -0.05) is 18.2 Å². The lowest BCUT2D eigenvalue weighted by Crippen LogP contribution is -2.18. The number of para-hydroxylation sites is 1. The Morgan fingerprint density at radius 1 is 1.17 bits per heavy atom. The third-order valence-electron chi connectivity index (χ3n) is 2.51. The van der Waals surface area contributed by atoms with Gasteiger partial charge in [0.25, 0.3) is 0 Å². The molecule has 0 fully saturated rings. The second-order valence-electron chi connectivity index (χ2n) is 4.04. The summed E-state index contributed by atoms with van der Waals surface area (Å²) >= 11 is 0. The first-order valence-electron chi connectivity index (χ1n) is 5.65. The van der Waals surface area contributed by atoms with Crippen molar-refractivity contribution in [2.24, 2.45) is 5.14 Å². The number of fused-ring (bicyclic) bond motifs is 1. The van der Waals surface area contributed by atoms with E-state index in [4.69, 9.17) is 5.14 Å². The topological polar surface area (TPSA) is 85.1 Å². The standard InChI is InChI=1S/C12H15N3O2S/c13-18(16,17)9-3-8-14-12-7-6-10-4-1-2-5-11(10)15-12/h1-2,4-7H,3,8-9H2,(H,14,15)(H2,13,16,17). The molecule has 0 atom stereocenters. The fourth-order valence-electron chi connectivity index (χ4n) is 1.65. The van der Waals surface area contributed by atoms with Crippen LogP contribution in [0, 0.1) is 0 Å². The smallest absolute Gasteiger partial charge is 0.209 e. The van der Waals surface area contributed by atoms with Crippen LogP contribution in [0.5, 0.6) is 0 Å². The van der Waals surface area contributed by atoms with E-state index in [9.17, 15) is 8.42 Å². The van der Waals surface area contributed by atoms with Gasteiger partial charge >= 0.3 is 0 Å². The number of nitrogens with two attached hydrogens (primary N) is 1. The molecule has 1 aromatic heterocycles. The Morgan fingerprint density at radius 2 is 1.94 bits per heavy atom. The number of primary sulfonamides is 1.